The molecule has 3 heteroatoms. The van der Waals surface area contributed by atoms with E-state index in [9.17, 15) is 4.79 Å². The van der Waals surface area contributed by atoms with Crippen molar-refractivity contribution in [2.45, 2.75) is 19.8 Å². The second kappa shape index (κ2) is 5.74. The van der Waals surface area contributed by atoms with Gasteiger partial charge in [0, 0.05) is 12.2 Å². The third-order valence-corrected chi connectivity index (χ3v) is 2.01. The first-order chi connectivity index (χ1) is 4.63. The number of nitrogens with zero attached hydrogens (tertiary/aromatic N) is 1. The zero-order valence-corrected chi connectivity index (χ0v) is 7.70. The predicted octanol–water partition coefficient (Wildman–Crippen LogP) is 1.57. The highest BCUT2D eigenvalue weighted by molar-refractivity contribution is 7.96. The van der Waals surface area contributed by atoms with Crippen molar-refractivity contribution in [3.05, 3.63) is 0 Å². The second-order valence-electron chi connectivity index (χ2n) is 2.45. The summed E-state index contributed by atoms with van der Waals surface area (Å²) < 4.78 is 2.06. The molecule has 0 heterocycles. The van der Waals surface area contributed by atoms with E-state index >= 15 is 0 Å². The quantitative estimate of drug-likeness (QED) is 0.451. The maximum absolute atomic E-state index is 10.5. The molecule has 0 aromatic carbocycles. The number of rotatable bonds is 5. The maximum atomic E-state index is 10.5. The summed E-state index contributed by atoms with van der Waals surface area (Å²) in [4.78, 5) is 10.5. The zero-order chi connectivity index (χ0) is 7.98. The molecule has 0 bridgehead atoms. The van der Waals surface area contributed by atoms with Gasteiger partial charge in [0.1, 0.15) is 5.78 Å². The number of carbonyl (C=O) groups excluding carboxylic acids is 1. The summed E-state index contributed by atoms with van der Waals surface area (Å²) in [5.74, 6) is 1.34. The minimum Gasteiger partial charge on any atom is -0.300 e. The van der Waals surface area contributed by atoms with Crippen LogP contribution < -0.4 is 0 Å². The van der Waals surface area contributed by atoms with Crippen molar-refractivity contribution < 1.29 is 4.79 Å². The topological polar surface area (TPSA) is 20.3 Å². The Labute approximate surface area is 67.1 Å². The molecule has 0 N–H and O–H groups in total. The summed E-state index contributed by atoms with van der Waals surface area (Å²) in [6.45, 7) is 1.64. The molecule has 0 aliphatic rings. The highest BCUT2D eigenvalue weighted by Crippen LogP contribution is 2.06. The normalized spacial score (nSPS) is 10.4. The van der Waals surface area contributed by atoms with Gasteiger partial charge in [-0.25, -0.2) is 0 Å². The van der Waals surface area contributed by atoms with Crippen LogP contribution in [-0.4, -0.2) is 29.9 Å². The Kier molecular flexibility index (Phi) is 5.73. The van der Waals surface area contributed by atoms with Gasteiger partial charge in [0.05, 0.1) is 0 Å². The van der Waals surface area contributed by atoms with Gasteiger partial charge < -0.3 is 4.79 Å². The van der Waals surface area contributed by atoms with E-state index in [2.05, 4.69) is 4.31 Å². The molecule has 10 heavy (non-hydrogen) atoms. The van der Waals surface area contributed by atoms with E-state index in [0.29, 0.717) is 5.78 Å². The van der Waals surface area contributed by atoms with Gasteiger partial charge in [-0.1, -0.05) is 11.9 Å². The van der Waals surface area contributed by atoms with Crippen molar-refractivity contribution >= 4 is 17.7 Å². The van der Waals surface area contributed by atoms with Crippen molar-refractivity contribution in [3.8, 4) is 0 Å². The molecule has 0 spiro atoms. The molecule has 0 radical (unpaired) electrons. The monoisotopic (exact) mass is 161 g/mol. The van der Waals surface area contributed by atoms with Crippen LogP contribution in [0, 0.1) is 0 Å². The lowest BCUT2D eigenvalue weighted by molar-refractivity contribution is -0.117. The number of hydrogen-bond donors (Lipinski definition) is 0. The zero-order valence-electron chi connectivity index (χ0n) is 6.89. The van der Waals surface area contributed by atoms with Crippen LogP contribution in [0.15, 0.2) is 0 Å². The molecule has 0 saturated heterocycles. The van der Waals surface area contributed by atoms with Gasteiger partial charge in [-0.3, -0.25) is 4.31 Å². The number of hydrogen-bond acceptors (Lipinski definition) is 3. The third kappa shape index (κ3) is 7.98. The van der Waals surface area contributed by atoms with Crippen LogP contribution in [-0.2, 0) is 4.79 Å². The Morgan fingerprint density at radius 2 is 2.10 bits per heavy atom. The average molecular weight is 161 g/mol. The fourth-order valence-corrected chi connectivity index (χ4v) is 1.21. The Hall–Kier alpha value is -0.0200. The van der Waals surface area contributed by atoms with Gasteiger partial charge in [0.25, 0.3) is 0 Å². The van der Waals surface area contributed by atoms with Crippen molar-refractivity contribution in [1.29, 1.82) is 0 Å². The molecular weight excluding hydrogens is 146 g/mol. The van der Waals surface area contributed by atoms with Gasteiger partial charge >= 0.3 is 0 Å². The van der Waals surface area contributed by atoms with Gasteiger partial charge in [0.15, 0.2) is 0 Å². The molecule has 0 aliphatic heterocycles. The van der Waals surface area contributed by atoms with Gasteiger partial charge in [-0.15, -0.1) is 0 Å². The van der Waals surface area contributed by atoms with Crippen LogP contribution in [0.25, 0.3) is 0 Å². The number of Topliss-reactive ketones (excluding diaryl/α,β-unsaturated/α-hetero) is 1. The van der Waals surface area contributed by atoms with Gasteiger partial charge in [-0.05, 0) is 27.4 Å². The molecule has 0 fully saturated rings. The van der Waals surface area contributed by atoms with E-state index in [1.807, 2.05) is 14.1 Å². The lowest BCUT2D eigenvalue weighted by atomic mass is 10.3. The molecule has 0 amide bonds. The summed E-state index contributed by atoms with van der Waals surface area (Å²) in [5.41, 5.74) is 0. The third-order valence-electron chi connectivity index (χ3n) is 1.02. The molecule has 0 atom stereocenters. The first kappa shape index (κ1) is 9.98. The summed E-state index contributed by atoms with van der Waals surface area (Å²) in [5, 5.41) is 0. The fraction of sp³-hybridized carbons (Fsp3) is 0.857. The summed E-state index contributed by atoms with van der Waals surface area (Å²) >= 11 is 1.75. The van der Waals surface area contributed by atoms with E-state index in [4.69, 9.17) is 0 Å². The molecule has 0 aliphatic carbocycles. The first-order valence-corrected chi connectivity index (χ1v) is 4.37. The lowest BCUT2D eigenvalue weighted by Gasteiger charge is -2.06. The molecular formula is C7H15NOS. The van der Waals surface area contributed by atoms with Crippen LogP contribution >= 0.6 is 11.9 Å². The van der Waals surface area contributed by atoms with Crippen LogP contribution in [0.1, 0.15) is 19.8 Å². The van der Waals surface area contributed by atoms with Gasteiger partial charge in [0.2, 0.25) is 0 Å². The average Bonchev–Trinajstić information content (AvgIpc) is 1.79. The van der Waals surface area contributed by atoms with Crippen LogP contribution in [0.3, 0.4) is 0 Å². The van der Waals surface area contributed by atoms with E-state index in [1.54, 1.807) is 18.9 Å². The Balaban J connectivity index is 2.98. The fourth-order valence-electron chi connectivity index (χ4n) is 0.568. The number of carbonyl (C=O) groups is 1. The molecule has 0 aromatic heterocycles. The largest absolute Gasteiger partial charge is 0.300 e. The minimum atomic E-state index is 0.291. The predicted molar refractivity (Wildman–Crippen MR) is 46.1 cm³/mol. The SMILES string of the molecule is CC(=O)CCCSN(C)C. The Morgan fingerprint density at radius 3 is 2.50 bits per heavy atom. The molecule has 0 saturated carbocycles. The minimum absolute atomic E-state index is 0.291. The van der Waals surface area contributed by atoms with Crippen LogP contribution in [0.5, 0.6) is 0 Å². The van der Waals surface area contributed by atoms with Gasteiger partial charge in [-0.2, -0.15) is 0 Å². The van der Waals surface area contributed by atoms with Crippen LogP contribution in [0.4, 0.5) is 0 Å². The molecule has 0 unspecified atom stereocenters. The summed E-state index contributed by atoms with van der Waals surface area (Å²) in [6.07, 6.45) is 1.72. The first-order valence-electron chi connectivity index (χ1n) is 3.42. The lowest BCUT2D eigenvalue weighted by Crippen LogP contribution is -2.01. The summed E-state index contributed by atoms with van der Waals surface area (Å²) in [6, 6.07) is 0. The molecule has 0 aromatic rings. The highest BCUT2D eigenvalue weighted by atomic mass is 32.2. The maximum Gasteiger partial charge on any atom is 0.129 e. The van der Waals surface area contributed by atoms with Crippen LogP contribution in [0.2, 0.25) is 0 Å². The van der Waals surface area contributed by atoms with Crippen molar-refractivity contribution in [3.63, 3.8) is 0 Å². The molecule has 0 rings (SSSR count). The smallest absolute Gasteiger partial charge is 0.129 e. The Bertz CT molecular complexity index is 104. The molecule has 2 nitrogen and oxygen atoms in total. The van der Waals surface area contributed by atoms with Crippen molar-refractivity contribution in [2.75, 3.05) is 19.8 Å². The Morgan fingerprint density at radius 1 is 1.50 bits per heavy atom. The van der Waals surface area contributed by atoms with Crippen molar-refractivity contribution in [2.24, 2.45) is 0 Å². The molecule has 60 valence electrons. The second-order valence-corrected chi connectivity index (χ2v) is 3.85. The summed E-state index contributed by atoms with van der Waals surface area (Å²) in [7, 11) is 4.02. The van der Waals surface area contributed by atoms with E-state index < -0.39 is 0 Å². The highest BCUT2D eigenvalue weighted by Gasteiger charge is 1.94. The number of ketones is 1. The van der Waals surface area contributed by atoms with Crippen molar-refractivity contribution in [1.82, 2.24) is 4.31 Å². The van der Waals surface area contributed by atoms with E-state index in [-0.39, 0.29) is 0 Å². The standard InChI is InChI=1S/C7H15NOS/c1-7(9)5-4-6-10-8(2)3/h4-6H2,1-3H3. The van der Waals surface area contributed by atoms with E-state index in [0.717, 1.165) is 18.6 Å². The van der Waals surface area contributed by atoms with E-state index in [1.165, 1.54) is 0 Å².